The van der Waals surface area contributed by atoms with Crippen LogP contribution in [0, 0.1) is 11.8 Å². The predicted octanol–water partition coefficient (Wildman–Crippen LogP) is 4.57. The van der Waals surface area contributed by atoms with Gasteiger partial charge in [-0.2, -0.15) is 0 Å². The largest absolute Gasteiger partial charge is 0.497 e. The topological polar surface area (TPSA) is 88.7 Å². The van der Waals surface area contributed by atoms with Crippen molar-refractivity contribution in [1.82, 2.24) is 4.98 Å². The Labute approximate surface area is 196 Å². The molecule has 33 heavy (non-hydrogen) atoms. The molecule has 4 aromatic rings. The van der Waals surface area contributed by atoms with Gasteiger partial charge in [0.1, 0.15) is 5.75 Å². The molecule has 0 saturated heterocycles. The average molecular weight is 458 g/mol. The van der Waals surface area contributed by atoms with Gasteiger partial charge < -0.3 is 20.5 Å². The van der Waals surface area contributed by atoms with E-state index in [1.54, 1.807) is 18.4 Å². The number of nitrogens with two attached hydrogens (primary N) is 1. The number of nitrogen functional groups attached to an aromatic ring is 1. The molecular formula is C26H23N3O3S. The minimum absolute atomic E-state index is 0.665. The first-order chi connectivity index (χ1) is 16.0. The van der Waals surface area contributed by atoms with Gasteiger partial charge in [0.2, 0.25) is 0 Å². The summed E-state index contributed by atoms with van der Waals surface area (Å²) in [4.78, 5) is 17.7. The summed E-state index contributed by atoms with van der Waals surface area (Å²) in [6.45, 7) is 1.44. The monoisotopic (exact) mass is 457 g/mol. The fourth-order valence-electron chi connectivity index (χ4n) is 3.41. The van der Waals surface area contributed by atoms with Crippen LogP contribution in [-0.4, -0.2) is 29.7 Å². The Balaban J connectivity index is 1.57. The first-order valence-corrected chi connectivity index (χ1v) is 11.2. The number of anilines is 2. The second-order valence-corrected chi connectivity index (χ2v) is 8.50. The van der Waals surface area contributed by atoms with E-state index >= 15 is 0 Å². The molecule has 166 valence electrons. The number of thiazole rings is 1. The lowest BCUT2D eigenvalue weighted by Crippen LogP contribution is -2.25. The number of aromatic nitrogens is 1. The molecule has 0 atom stereocenters. The summed E-state index contributed by atoms with van der Waals surface area (Å²) in [6.07, 6.45) is 0.851. The Morgan fingerprint density at radius 3 is 2.52 bits per heavy atom. The van der Waals surface area contributed by atoms with Crippen molar-refractivity contribution < 1.29 is 14.6 Å². The van der Waals surface area contributed by atoms with Crippen LogP contribution in [-0.2, 0) is 17.8 Å². The third-order valence-corrected chi connectivity index (χ3v) is 6.24. The molecule has 3 N–H and O–H groups in total. The standard InChI is InChI=1S/C26H23N3O3S/c1-32-22-10-6-19(7-11-22)14-15-29(26-28-23-16-21(27)9-12-24(23)33-26)17-20-4-2-18(3-5-20)8-13-25(30)31/h2-7,9-12,16H,14-15,17,27H2,1H3,(H,30,31). The maximum atomic E-state index is 10.7. The predicted molar refractivity (Wildman–Crippen MR) is 133 cm³/mol. The number of hydrogen-bond acceptors (Lipinski definition) is 6. The summed E-state index contributed by atoms with van der Waals surface area (Å²) in [5, 5.41) is 9.66. The van der Waals surface area contributed by atoms with Crippen molar-refractivity contribution in [3.8, 4) is 17.6 Å². The molecule has 1 aromatic heterocycles. The molecule has 0 amide bonds. The number of ether oxygens (including phenoxy) is 1. The number of carboxylic acids is 1. The van der Waals surface area contributed by atoms with Crippen molar-refractivity contribution in [2.24, 2.45) is 0 Å². The van der Waals surface area contributed by atoms with Crippen LogP contribution in [0.3, 0.4) is 0 Å². The molecule has 0 aliphatic heterocycles. The van der Waals surface area contributed by atoms with Crippen molar-refractivity contribution in [1.29, 1.82) is 0 Å². The molecule has 3 aromatic carbocycles. The Hall–Kier alpha value is -4.02. The van der Waals surface area contributed by atoms with Gasteiger partial charge in [-0.1, -0.05) is 41.5 Å². The van der Waals surface area contributed by atoms with Gasteiger partial charge >= 0.3 is 5.97 Å². The summed E-state index contributed by atoms with van der Waals surface area (Å²) in [6, 6.07) is 21.5. The van der Waals surface area contributed by atoms with Gasteiger partial charge in [0.25, 0.3) is 0 Å². The molecule has 1 heterocycles. The minimum atomic E-state index is -1.14. The van der Waals surface area contributed by atoms with E-state index < -0.39 is 5.97 Å². The Kier molecular flexibility index (Phi) is 6.77. The van der Waals surface area contributed by atoms with Crippen LogP contribution in [0.25, 0.3) is 10.2 Å². The van der Waals surface area contributed by atoms with E-state index in [-0.39, 0.29) is 0 Å². The van der Waals surface area contributed by atoms with Gasteiger partial charge in [0, 0.05) is 30.3 Å². The number of methoxy groups -OCH3 is 1. The lowest BCUT2D eigenvalue weighted by Gasteiger charge is -2.22. The molecule has 7 heteroatoms. The van der Waals surface area contributed by atoms with Crippen LogP contribution in [0.15, 0.2) is 66.7 Å². The third kappa shape index (κ3) is 5.82. The Morgan fingerprint density at radius 1 is 1.09 bits per heavy atom. The molecule has 0 bridgehead atoms. The van der Waals surface area contributed by atoms with Crippen molar-refractivity contribution in [2.75, 3.05) is 24.3 Å². The number of nitrogens with zero attached hydrogens (tertiary/aromatic N) is 2. The van der Waals surface area contributed by atoms with Crippen molar-refractivity contribution in [2.45, 2.75) is 13.0 Å². The highest BCUT2D eigenvalue weighted by Gasteiger charge is 2.14. The van der Waals surface area contributed by atoms with E-state index in [4.69, 9.17) is 20.6 Å². The maximum Gasteiger partial charge on any atom is 0.382 e. The first kappa shape index (κ1) is 22.2. The van der Waals surface area contributed by atoms with Crippen LogP contribution in [0.2, 0.25) is 0 Å². The van der Waals surface area contributed by atoms with Crippen LogP contribution in [0.1, 0.15) is 16.7 Å². The second kappa shape index (κ2) is 10.1. The van der Waals surface area contributed by atoms with E-state index in [0.29, 0.717) is 17.8 Å². The lowest BCUT2D eigenvalue weighted by molar-refractivity contribution is -0.130. The highest BCUT2D eigenvalue weighted by Crippen LogP contribution is 2.31. The smallest absolute Gasteiger partial charge is 0.382 e. The van der Waals surface area contributed by atoms with E-state index in [9.17, 15) is 4.79 Å². The Morgan fingerprint density at radius 2 is 1.82 bits per heavy atom. The number of rotatable bonds is 7. The zero-order valence-electron chi connectivity index (χ0n) is 18.1. The SMILES string of the molecule is COc1ccc(CCN(Cc2ccc(C#CC(=O)O)cc2)c2nc3cc(N)ccc3s2)cc1. The van der Waals surface area contributed by atoms with E-state index in [2.05, 4.69) is 28.9 Å². The lowest BCUT2D eigenvalue weighted by atomic mass is 10.1. The zero-order chi connectivity index (χ0) is 23.2. The highest BCUT2D eigenvalue weighted by atomic mass is 32.1. The second-order valence-electron chi connectivity index (χ2n) is 7.50. The van der Waals surface area contributed by atoms with Gasteiger partial charge in [0.15, 0.2) is 5.13 Å². The zero-order valence-corrected chi connectivity index (χ0v) is 18.9. The normalized spacial score (nSPS) is 10.5. The van der Waals surface area contributed by atoms with Crippen LogP contribution >= 0.6 is 11.3 Å². The first-order valence-electron chi connectivity index (χ1n) is 10.4. The molecule has 0 spiro atoms. The molecule has 0 aliphatic carbocycles. The number of benzene rings is 3. The minimum Gasteiger partial charge on any atom is -0.497 e. The Bertz CT molecular complexity index is 1320. The van der Waals surface area contributed by atoms with Gasteiger partial charge in [-0.15, -0.1) is 0 Å². The van der Waals surface area contributed by atoms with Crippen LogP contribution in [0.5, 0.6) is 5.75 Å². The van der Waals surface area contributed by atoms with Gasteiger partial charge in [0.05, 0.1) is 17.3 Å². The van der Waals surface area contributed by atoms with Gasteiger partial charge in [-0.05, 0) is 60.0 Å². The quantitative estimate of drug-likeness (QED) is 0.312. The molecule has 0 aliphatic rings. The highest BCUT2D eigenvalue weighted by molar-refractivity contribution is 7.22. The average Bonchev–Trinajstić information content (AvgIpc) is 3.24. The van der Waals surface area contributed by atoms with Crippen molar-refractivity contribution in [3.63, 3.8) is 0 Å². The van der Waals surface area contributed by atoms with Gasteiger partial charge in [-0.25, -0.2) is 9.78 Å². The molecule has 4 rings (SSSR count). The molecule has 6 nitrogen and oxygen atoms in total. The molecule has 0 fully saturated rings. The van der Waals surface area contributed by atoms with Crippen molar-refractivity contribution >= 4 is 38.3 Å². The van der Waals surface area contributed by atoms with Crippen molar-refractivity contribution in [3.05, 3.63) is 83.4 Å². The third-order valence-electron chi connectivity index (χ3n) is 5.14. The summed E-state index contributed by atoms with van der Waals surface area (Å²) < 4.78 is 6.35. The summed E-state index contributed by atoms with van der Waals surface area (Å²) in [5.41, 5.74) is 10.5. The molecule has 0 saturated carbocycles. The number of aliphatic carboxylic acids is 1. The summed E-state index contributed by atoms with van der Waals surface area (Å²) in [7, 11) is 1.66. The van der Waals surface area contributed by atoms with E-state index in [0.717, 1.165) is 39.6 Å². The van der Waals surface area contributed by atoms with Crippen LogP contribution < -0.4 is 15.4 Å². The number of carboxylic acid groups (broad SMARTS) is 1. The summed E-state index contributed by atoms with van der Waals surface area (Å²) >= 11 is 1.64. The molecule has 0 unspecified atom stereocenters. The maximum absolute atomic E-state index is 10.7. The number of hydrogen-bond donors (Lipinski definition) is 2. The molecule has 0 radical (unpaired) electrons. The van der Waals surface area contributed by atoms with E-state index in [1.807, 2.05) is 54.6 Å². The van der Waals surface area contributed by atoms with Gasteiger partial charge in [-0.3, -0.25) is 0 Å². The fraction of sp³-hybridized carbons (Fsp3) is 0.154. The number of fused-ring (bicyclic) bond motifs is 1. The van der Waals surface area contributed by atoms with E-state index in [1.165, 1.54) is 5.56 Å². The molecular weight excluding hydrogens is 434 g/mol. The summed E-state index contributed by atoms with van der Waals surface area (Å²) in [5.74, 6) is 4.48. The fourth-order valence-corrected chi connectivity index (χ4v) is 4.38. The van der Waals surface area contributed by atoms with Crippen LogP contribution in [0.4, 0.5) is 10.8 Å². The number of carbonyl (C=O) groups is 1.